The number of nitrogens with zero attached hydrogens (tertiary/aromatic N) is 4. The third-order valence-corrected chi connectivity index (χ3v) is 4.00. The number of hydrogen-bond donors (Lipinski definition) is 1. The molecule has 4 rings (SSSR count). The summed E-state index contributed by atoms with van der Waals surface area (Å²) in [4.78, 5) is 13.4. The van der Waals surface area contributed by atoms with Crippen molar-refractivity contribution in [3.8, 4) is 5.82 Å². The van der Waals surface area contributed by atoms with E-state index >= 15 is 0 Å². The molecule has 0 spiro atoms. The molecule has 1 fully saturated rings. The number of nitrogen functional groups attached to an aromatic ring is 1. The molecule has 3 aromatic rings. The molecule has 1 saturated carbocycles. The van der Waals surface area contributed by atoms with Crippen LogP contribution in [0, 0.1) is 5.92 Å². The van der Waals surface area contributed by atoms with Crippen LogP contribution in [-0.2, 0) is 6.42 Å². The molecule has 5 heteroatoms. The van der Waals surface area contributed by atoms with E-state index in [0.717, 1.165) is 40.6 Å². The highest BCUT2D eigenvalue weighted by molar-refractivity contribution is 5.80. The van der Waals surface area contributed by atoms with Crippen molar-refractivity contribution < 1.29 is 0 Å². The molecular weight excluding hydrogens is 262 g/mol. The van der Waals surface area contributed by atoms with Crippen LogP contribution in [0.3, 0.4) is 0 Å². The van der Waals surface area contributed by atoms with Crippen molar-refractivity contribution in [1.82, 2.24) is 19.5 Å². The summed E-state index contributed by atoms with van der Waals surface area (Å²) >= 11 is 0. The van der Waals surface area contributed by atoms with Gasteiger partial charge in [0.15, 0.2) is 5.82 Å². The Bertz CT molecular complexity index is 788. The number of aryl methyl sites for hydroxylation is 1. The highest BCUT2D eigenvalue weighted by Crippen LogP contribution is 2.33. The summed E-state index contributed by atoms with van der Waals surface area (Å²) in [5, 5.41) is 0. The standard InChI is InChI=1S/C16H17N5/c17-12-4-6-14-15(7-12)21(10-19-14)16-9-18-8-13(20-16)5-3-11-1-2-11/h4,6-11H,1-3,5,17H2. The van der Waals surface area contributed by atoms with Gasteiger partial charge in [-0.15, -0.1) is 0 Å². The smallest absolute Gasteiger partial charge is 0.157 e. The van der Waals surface area contributed by atoms with Gasteiger partial charge in [0, 0.05) is 11.9 Å². The maximum Gasteiger partial charge on any atom is 0.157 e. The lowest BCUT2D eigenvalue weighted by Gasteiger charge is -2.06. The first-order valence-corrected chi connectivity index (χ1v) is 7.33. The lowest BCUT2D eigenvalue weighted by molar-refractivity contribution is 0.708. The largest absolute Gasteiger partial charge is 0.399 e. The van der Waals surface area contributed by atoms with Crippen LogP contribution in [0.25, 0.3) is 16.9 Å². The van der Waals surface area contributed by atoms with Crippen LogP contribution >= 0.6 is 0 Å². The molecular formula is C16H17N5. The fraction of sp³-hybridized carbons (Fsp3) is 0.312. The van der Waals surface area contributed by atoms with Crippen molar-refractivity contribution in [1.29, 1.82) is 0 Å². The predicted molar refractivity (Wildman–Crippen MR) is 82.1 cm³/mol. The molecule has 2 N–H and O–H groups in total. The molecule has 0 amide bonds. The number of benzene rings is 1. The first-order chi connectivity index (χ1) is 10.3. The molecule has 1 aliphatic rings. The van der Waals surface area contributed by atoms with Crippen molar-refractivity contribution in [2.45, 2.75) is 25.7 Å². The number of fused-ring (bicyclic) bond motifs is 1. The van der Waals surface area contributed by atoms with Crippen molar-refractivity contribution in [2.24, 2.45) is 5.92 Å². The highest BCUT2D eigenvalue weighted by Gasteiger charge is 2.20. The molecule has 21 heavy (non-hydrogen) atoms. The Morgan fingerprint density at radius 3 is 3.00 bits per heavy atom. The maximum absolute atomic E-state index is 5.87. The third-order valence-electron chi connectivity index (χ3n) is 4.00. The maximum atomic E-state index is 5.87. The van der Waals surface area contributed by atoms with Crippen molar-refractivity contribution in [3.63, 3.8) is 0 Å². The average molecular weight is 279 g/mol. The second-order valence-electron chi connectivity index (χ2n) is 5.71. The zero-order valence-corrected chi connectivity index (χ0v) is 11.7. The van der Waals surface area contributed by atoms with Gasteiger partial charge in [-0.1, -0.05) is 12.8 Å². The van der Waals surface area contributed by atoms with E-state index in [1.54, 1.807) is 12.5 Å². The van der Waals surface area contributed by atoms with Gasteiger partial charge in [0.25, 0.3) is 0 Å². The Morgan fingerprint density at radius 1 is 1.24 bits per heavy atom. The van der Waals surface area contributed by atoms with E-state index in [1.807, 2.05) is 29.0 Å². The summed E-state index contributed by atoms with van der Waals surface area (Å²) in [6, 6.07) is 5.70. The molecule has 1 aliphatic carbocycles. The van der Waals surface area contributed by atoms with Gasteiger partial charge in [0.2, 0.25) is 0 Å². The first-order valence-electron chi connectivity index (χ1n) is 7.33. The minimum atomic E-state index is 0.724. The number of imidazole rings is 1. The van der Waals surface area contributed by atoms with Gasteiger partial charge in [-0.05, 0) is 37.0 Å². The van der Waals surface area contributed by atoms with E-state index < -0.39 is 0 Å². The van der Waals surface area contributed by atoms with Crippen molar-refractivity contribution >= 4 is 16.7 Å². The summed E-state index contributed by atoms with van der Waals surface area (Å²) in [6.07, 6.45) is 10.4. The van der Waals surface area contributed by atoms with Crippen molar-refractivity contribution in [3.05, 3.63) is 42.6 Å². The number of aromatic nitrogens is 4. The first kappa shape index (κ1) is 12.3. The van der Waals surface area contributed by atoms with E-state index in [0.29, 0.717) is 0 Å². The van der Waals surface area contributed by atoms with Gasteiger partial charge in [0.05, 0.1) is 22.9 Å². The third kappa shape index (κ3) is 2.46. The second kappa shape index (κ2) is 4.84. The van der Waals surface area contributed by atoms with E-state index in [-0.39, 0.29) is 0 Å². The van der Waals surface area contributed by atoms with E-state index in [4.69, 9.17) is 10.7 Å². The van der Waals surface area contributed by atoms with E-state index in [1.165, 1.54) is 19.3 Å². The molecule has 2 aromatic heterocycles. The van der Waals surface area contributed by atoms with Crippen LogP contribution in [-0.4, -0.2) is 19.5 Å². The van der Waals surface area contributed by atoms with Gasteiger partial charge < -0.3 is 5.73 Å². The Morgan fingerprint density at radius 2 is 2.14 bits per heavy atom. The second-order valence-corrected chi connectivity index (χ2v) is 5.71. The van der Waals surface area contributed by atoms with E-state index in [9.17, 15) is 0 Å². The normalized spacial score (nSPS) is 14.7. The van der Waals surface area contributed by atoms with Gasteiger partial charge >= 0.3 is 0 Å². The Balaban J connectivity index is 1.70. The van der Waals surface area contributed by atoms with Crippen LogP contribution in [0.5, 0.6) is 0 Å². The molecule has 0 atom stereocenters. The van der Waals surface area contributed by atoms with Crippen LogP contribution < -0.4 is 5.73 Å². The Kier molecular flexibility index (Phi) is 2.84. The van der Waals surface area contributed by atoms with Crippen LogP contribution in [0.15, 0.2) is 36.9 Å². The molecule has 0 unspecified atom stereocenters. The molecule has 1 aromatic carbocycles. The van der Waals surface area contributed by atoms with Crippen molar-refractivity contribution in [2.75, 3.05) is 5.73 Å². The summed E-state index contributed by atoms with van der Waals surface area (Å²) in [5.74, 6) is 1.71. The molecule has 0 radical (unpaired) electrons. The lowest BCUT2D eigenvalue weighted by Crippen LogP contribution is -2.01. The predicted octanol–water partition coefficient (Wildman–Crippen LogP) is 2.74. The molecule has 0 aliphatic heterocycles. The summed E-state index contributed by atoms with van der Waals surface area (Å²) < 4.78 is 1.94. The summed E-state index contributed by atoms with van der Waals surface area (Å²) in [7, 11) is 0. The Hall–Kier alpha value is -2.43. The minimum Gasteiger partial charge on any atom is -0.399 e. The zero-order valence-electron chi connectivity index (χ0n) is 11.7. The number of nitrogens with two attached hydrogens (primary N) is 1. The van der Waals surface area contributed by atoms with Crippen LogP contribution in [0.2, 0.25) is 0 Å². The lowest BCUT2D eigenvalue weighted by atomic mass is 10.2. The van der Waals surface area contributed by atoms with Gasteiger partial charge in [-0.2, -0.15) is 0 Å². The van der Waals surface area contributed by atoms with E-state index in [2.05, 4.69) is 9.97 Å². The van der Waals surface area contributed by atoms with Gasteiger partial charge in [0.1, 0.15) is 6.33 Å². The summed E-state index contributed by atoms with van der Waals surface area (Å²) in [6.45, 7) is 0. The minimum absolute atomic E-state index is 0.724. The topological polar surface area (TPSA) is 69.6 Å². The number of hydrogen-bond acceptors (Lipinski definition) is 4. The quantitative estimate of drug-likeness (QED) is 0.745. The molecule has 0 bridgehead atoms. The van der Waals surface area contributed by atoms with Crippen LogP contribution in [0.1, 0.15) is 25.0 Å². The molecule has 2 heterocycles. The molecule has 5 nitrogen and oxygen atoms in total. The zero-order chi connectivity index (χ0) is 14.2. The average Bonchev–Trinajstić information content (AvgIpc) is 3.24. The fourth-order valence-electron chi connectivity index (χ4n) is 2.60. The molecule has 0 saturated heterocycles. The molecule has 106 valence electrons. The highest BCUT2D eigenvalue weighted by atomic mass is 15.1. The fourth-order valence-corrected chi connectivity index (χ4v) is 2.60. The number of anilines is 1. The summed E-state index contributed by atoms with van der Waals surface area (Å²) in [5.41, 5.74) is 9.51. The number of rotatable bonds is 4. The monoisotopic (exact) mass is 279 g/mol. The SMILES string of the molecule is Nc1ccc2ncn(-c3cncc(CCC4CC4)n3)c2c1. The van der Waals surface area contributed by atoms with Gasteiger partial charge in [-0.25, -0.2) is 9.97 Å². The van der Waals surface area contributed by atoms with Crippen LogP contribution in [0.4, 0.5) is 5.69 Å². The van der Waals surface area contributed by atoms with Gasteiger partial charge in [-0.3, -0.25) is 9.55 Å². The Labute approximate surface area is 122 Å².